The van der Waals surface area contributed by atoms with Gasteiger partial charge >= 0.3 is 5.97 Å². The molecular formula is C7H16N2O2. The maximum atomic E-state index is 10.5. The molecule has 4 heteroatoms. The van der Waals surface area contributed by atoms with E-state index < -0.39 is 12.0 Å². The fraction of sp³-hybridized carbons (Fsp3) is 0.857. The molecule has 4 nitrogen and oxygen atoms in total. The Morgan fingerprint density at radius 1 is 1.64 bits per heavy atom. The molecule has 0 amide bonds. The van der Waals surface area contributed by atoms with E-state index in [1.54, 1.807) is 0 Å². The Morgan fingerprint density at radius 3 is 2.45 bits per heavy atom. The first-order valence-electron chi connectivity index (χ1n) is 3.68. The van der Waals surface area contributed by atoms with Crippen LogP contribution in [0, 0.1) is 0 Å². The van der Waals surface area contributed by atoms with Crippen molar-refractivity contribution in [2.45, 2.75) is 13.0 Å². The molecule has 66 valence electrons. The first-order valence-corrected chi connectivity index (χ1v) is 3.68. The molecule has 0 aromatic rings. The zero-order valence-corrected chi connectivity index (χ0v) is 7.29. The van der Waals surface area contributed by atoms with Crippen LogP contribution in [0.5, 0.6) is 0 Å². The average molecular weight is 160 g/mol. The van der Waals surface area contributed by atoms with Crippen molar-refractivity contribution in [1.82, 2.24) is 10.2 Å². The molecular weight excluding hydrogens is 144 g/mol. The molecule has 0 aliphatic rings. The van der Waals surface area contributed by atoms with E-state index >= 15 is 0 Å². The van der Waals surface area contributed by atoms with E-state index in [1.807, 2.05) is 25.9 Å². The lowest BCUT2D eigenvalue weighted by Crippen LogP contribution is -2.43. The van der Waals surface area contributed by atoms with Gasteiger partial charge in [0.1, 0.15) is 6.04 Å². The zero-order valence-electron chi connectivity index (χ0n) is 7.29. The fourth-order valence-corrected chi connectivity index (χ4v) is 0.842. The van der Waals surface area contributed by atoms with Crippen LogP contribution in [0.1, 0.15) is 6.92 Å². The molecule has 0 spiro atoms. The van der Waals surface area contributed by atoms with Crippen molar-refractivity contribution in [2.24, 2.45) is 0 Å². The summed E-state index contributed by atoms with van der Waals surface area (Å²) in [6.07, 6.45) is 0. The molecule has 0 saturated carbocycles. The Kier molecular flexibility index (Phi) is 4.81. The topological polar surface area (TPSA) is 52.6 Å². The van der Waals surface area contributed by atoms with Crippen LogP contribution < -0.4 is 5.32 Å². The second-order valence-electron chi connectivity index (χ2n) is 2.71. The van der Waals surface area contributed by atoms with Crippen LogP contribution in [0.3, 0.4) is 0 Å². The number of nitrogens with zero attached hydrogens (tertiary/aromatic N) is 1. The first kappa shape index (κ1) is 10.4. The van der Waals surface area contributed by atoms with Gasteiger partial charge in [0.25, 0.3) is 0 Å². The fourth-order valence-electron chi connectivity index (χ4n) is 0.842. The van der Waals surface area contributed by atoms with E-state index in [2.05, 4.69) is 5.32 Å². The Balaban J connectivity index is 3.79. The van der Waals surface area contributed by atoms with Crippen LogP contribution in [0.2, 0.25) is 0 Å². The molecule has 2 N–H and O–H groups in total. The van der Waals surface area contributed by atoms with E-state index in [0.717, 1.165) is 0 Å². The van der Waals surface area contributed by atoms with E-state index in [1.165, 1.54) is 0 Å². The number of carboxylic acid groups (broad SMARTS) is 1. The minimum Gasteiger partial charge on any atom is -0.480 e. The predicted octanol–water partition coefficient (Wildman–Crippen LogP) is -0.389. The minimum atomic E-state index is -0.791. The Bertz CT molecular complexity index is 126. The Hall–Kier alpha value is -0.610. The van der Waals surface area contributed by atoms with Crippen LogP contribution >= 0.6 is 0 Å². The Morgan fingerprint density at radius 2 is 2.18 bits per heavy atom. The number of aliphatic carboxylic acids is 1. The molecule has 0 rings (SSSR count). The average Bonchev–Trinajstić information content (AvgIpc) is 1.86. The van der Waals surface area contributed by atoms with Gasteiger partial charge in [-0.15, -0.1) is 0 Å². The van der Waals surface area contributed by atoms with Gasteiger partial charge in [0, 0.05) is 6.54 Å². The highest BCUT2D eigenvalue weighted by Gasteiger charge is 2.15. The van der Waals surface area contributed by atoms with Crippen molar-refractivity contribution in [3.05, 3.63) is 0 Å². The number of hydrogen-bond donors (Lipinski definition) is 2. The first-order chi connectivity index (χ1) is 5.07. The van der Waals surface area contributed by atoms with E-state index in [4.69, 9.17) is 5.11 Å². The van der Waals surface area contributed by atoms with Crippen LogP contribution in [0.15, 0.2) is 0 Å². The van der Waals surface area contributed by atoms with Crippen LogP contribution in [-0.4, -0.2) is 49.2 Å². The van der Waals surface area contributed by atoms with E-state index in [0.29, 0.717) is 13.1 Å². The van der Waals surface area contributed by atoms with Crippen molar-refractivity contribution in [2.75, 3.05) is 27.2 Å². The summed E-state index contributed by atoms with van der Waals surface area (Å²) >= 11 is 0. The normalized spacial score (nSPS) is 13.5. The summed E-state index contributed by atoms with van der Waals surface area (Å²) in [7, 11) is 3.71. The highest BCUT2D eigenvalue weighted by Crippen LogP contribution is 1.86. The summed E-state index contributed by atoms with van der Waals surface area (Å²) in [5.74, 6) is -0.791. The monoisotopic (exact) mass is 160 g/mol. The largest absolute Gasteiger partial charge is 0.480 e. The molecule has 11 heavy (non-hydrogen) atoms. The third-order valence-corrected chi connectivity index (χ3v) is 1.30. The molecule has 0 aliphatic carbocycles. The van der Waals surface area contributed by atoms with Crippen molar-refractivity contribution < 1.29 is 9.90 Å². The highest BCUT2D eigenvalue weighted by molar-refractivity contribution is 5.73. The van der Waals surface area contributed by atoms with Gasteiger partial charge in [-0.05, 0) is 20.6 Å². The van der Waals surface area contributed by atoms with Gasteiger partial charge in [0.2, 0.25) is 0 Å². The molecule has 0 fully saturated rings. The van der Waals surface area contributed by atoms with E-state index in [-0.39, 0.29) is 0 Å². The molecule has 1 atom stereocenters. The SMILES string of the molecule is CCNC(CN(C)C)C(=O)O. The van der Waals surface area contributed by atoms with Crippen molar-refractivity contribution >= 4 is 5.97 Å². The number of carboxylic acids is 1. The van der Waals surface area contributed by atoms with Gasteiger partial charge in [-0.3, -0.25) is 4.79 Å². The minimum absolute atomic E-state index is 0.449. The molecule has 0 radical (unpaired) electrons. The van der Waals surface area contributed by atoms with Crippen molar-refractivity contribution in [1.29, 1.82) is 0 Å². The van der Waals surface area contributed by atoms with Gasteiger partial charge in [0.15, 0.2) is 0 Å². The smallest absolute Gasteiger partial charge is 0.322 e. The molecule has 0 aliphatic heterocycles. The molecule has 1 unspecified atom stereocenters. The number of rotatable bonds is 5. The zero-order chi connectivity index (χ0) is 8.85. The molecule has 0 saturated heterocycles. The van der Waals surface area contributed by atoms with Crippen molar-refractivity contribution in [3.63, 3.8) is 0 Å². The lowest BCUT2D eigenvalue weighted by molar-refractivity contribution is -0.139. The van der Waals surface area contributed by atoms with Crippen molar-refractivity contribution in [3.8, 4) is 0 Å². The third kappa shape index (κ3) is 4.75. The number of nitrogens with one attached hydrogen (secondary N) is 1. The van der Waals surface area contributed by atoms with Gasteiger partial charge in [0.05, 0.1) is 0 Å². The summed E-state index contributed by atoms with van der Waals surface area (Å²) in [4.78, 5) is 12.4. The van der Waals surface area contributed by atoms with Crippen LogP contribution in [0.4, 0.5) is 0 Å². The van der Waals surface area contributed by atoms with Gasteiger partial charge in [-0.25, -0.2) is 0 Å². The molecule has 0 aromatic heterocycles. The highest BCUT2D eigenvalue weighted by atomic mass is 16.4. The lowest BCUT2D eigenvalue weighted by atomic mass is 10.3. The summed E-state index contributed by atoms with van der Waals surface area (Å²) in [6, 6.07) is -0.449. The Labute approximate surface area is 67.2 Å². The van der Waals surface area contributed by atoms with E-state index in [9.17, 15) is 4.79 Å². The van der Waals surface area contributed by atoms with Crippen LogP contribution in [-0.2, 0) is 4.79 Å². The lowest BCUT2D eigenvalue weighted by Gasteiger charge is -2.17. The van der Waals surface area contributed by atoms with Gasteiger partial charge < -0.3 is 15.3 Å². The second-order valence-corrected chi connectivity index (χ2v) is 2.71. The summed E-state index contributed by atoms with van der Waals surface area (Å²) in [5.41, 5.74) is 0. The number of carbonyl (C=O) groups is 1. The summed E-state index contributed by atoms with van der Waals surface area (Å²) < 4.78 is 0. The molecule has 0 aromatic carbocycles. The van der Waals surface area contributed by atoms with Gasteiger partial charge in [-0.2, -0.15) is 0 Å². The molecule has 0 heterocycles. The number of hydrogen-bond acceptors (Lipinski definition) is 3. The second kappa shape index (κ2) is 5.09. The summed E-state index contributed by atoms with van der Waals surface area (Å²) in [5, 5.41) is 11.5. The van der Waals surface area contributed by atoms with Gasteiger partial charge in [-0.1, -0.05) is 6.92 Å². The predicted molar refractivity (Wildman–Crippen MR) is 43.7 cm³/mol. The van der Waals surface area contributed by atoms with Crippen LogP contribution in [0.25, 0.3) is 0 Å². The quantitative estimate of drug-likeness (QED) is 0.575. The molecule has 0 bridgehead atoms. The third-order valence-electron chi connectivity index (χ3n) is 1.30. The maximum Gasteiger partial charge on any atom is 0.322 e. The summed E-state index contributed by atoms with van der Waals surface area (Å²) in [6.45, 7) is 3.11. The standard InChI is InChI=1S/C7H16N2O2/c1-4-8-6(7(10)11)5-9(2)3/h6,8H,4-5H2,1-3H3,(H,10,11). The number of likely N-dealkylation sites (N-methyl/N-ethyl adjacent to an activating group) is 2. The maximum absolute atomic E-state index is 10.5.